The molecule has 0 saturated heterocycles. The fourth-order valence-corrected chi connectivity index (χ4v) is 3.26. The van der Waals surface area contributed by atoms with Gasteiger partial charge in [-0.05, 0) is 18.2 Å². The third kappa shape index (κ3) is 2.89. The summed E-state index contributed by atoms with van der Waals surface area (Å²) in [5.74, 6) is -0.795. The monoisotopic (exact) mass is 361 g/mol. The van der Waals surface area contributed by atoms with Gasteiger partial charge in [-0.2, -0.15) is 15.3 Å². The van der Waals surface area contributed by atoms with E-state index in [9.17, 15) is 8.78 Å². The van der Waals surface area contributed by atoms with E-state index in [4.69, 9.17) is 5.73 Å². The highest BCUT2D eigenvalue weighted by molar-refractivity contribution is 7.98. The van der Waals surface area contributed by atoms with Gasteiger partial charge in [-0.1, -0.05) is 5.16 Å². The van der Waals surface area contributed by atoms with Crippen molar-refractivity contribution in [1.82, 2.24) is 30.5 Å². The molecule has 0 spiro atoms. The van der Waals surface area contributed by atoms with Crippen molar-refractivity contribution in [2.24, 2.45) is 0 Å². The van der Waals surface area contributed by atoms with Crippen LogP contribution in [0.15, 0.2) is 34.0 Å². The Bertz CT molecular complexity index is 1050. The zero-order valence-corrected chi connectivity index (χ0v) is 13.2. The van der Waals surface area contributed by atoms with Crippen LogP contribution in [0.25, 0.3) is 22.6 Å². The van der Waals surface area contributed by atoms with Crippen molar-refractivity contribution in [3.05, 3.63) is 41.8 Å². The zero-order chi connectivity index (χ0) is 17.4. The first kappa shape index (κ1) is 15.4. The highest BCUT2D eigenvalue weighted by Gasteiger charge is 2.16. The van der Waals surface area contributed by atoms with Gasteiger partial charge in [-0.15, -0.1) is 16.9 Å². The fourth-order valence-electron chi connectivity index (χ4n) is 2.25. The molecule has 0 unspecified atom stereocenters. The Balaban J connectivity index is 1.63. The SMILES string of the molecule is Nc1cc(SCc2cc(F)c(-c3ncon3)cc2F)c2n[nH]nc2n1. The van der Waals surface area contributed by atoms with Crippen LogP contribution in [0.1, 0.15) is 5.56 Å². The lowest BCUT2D eigenvalue weighted by atomic mass is 10.1. The van der Waals surface area contributed by atoms with Gasteiger partial charge in [0.1, 0.15) is 23.0 Å². The number of benzene rings is 1. The van der Waals surface area contributed by atoms with E-state index in [2.05, 4.69) is 35.1 Å². The van der Waals surface area contributed by atoms with Gasteiger partial charge in [0.15, 0.2) is 0 Å². The van der Waals surface area contributed by atoms with E-state index >= 15 is 0 Å². The number of hydrogen-bond acceptors (Lipinski definition) is 8. The van der Waals surface area contributed by atoms with E-state index in [1.807, 2.05) is 0 Å². The number of pyridine rings is 1. The molecule has 8 nitrogen and oxygen atoms in total. The van der Waals surface area contributed by atoms with Crippen LogP contribution in [0, 0.1) is 11.6 Å². The highest BCUT2D eigenvalue weighted by Crippen LogP contribution is 2.31. The topological polar surface area (TPSA) is 119 Å². The second-order valence-corrected chi connectivity index (χ2v) is 6.03. The molecule has 0 aliphatic heterocycles. The number of fused-ring (bicyclic) bond motifs is 1. The quantitative estimate of drug-likeness (QED) is 0.532. The van der Waals surface area contributed by atoms with E-state index in [1.165, 1.54) is 11.8 Å². The first-order chi connectivity index (χ1) is 12.1. The number of aromatic nitrogens is 6. The van der Waals surface area contributed by atoms with E-state index in [-0.39, 0.29) is 28.5 Å². The van der Waals surface area contributed by atoms with Crippen LogP contribution in [0.3, 0.4) is 0 Å². The average Bonchev–Trinajstić information content (AvgIpc) is 3.26. The first-order valence-corrected chi connectivity index (χ1v) is 7.95. The lowest BCUT2D eigenvalue weighted by Crippen LogP contribution is -1.96. The van der Waals surface area contributed by atoms with Crippen LogP contribution in [0.5, 0.6) is 0 Å². The largest absolute Gasteiger partial charge is 0.384 e. The van der Waals surface area contributed by atoms with Gasteiger partial charge in [-0.3, -0.25) is 0 Å². The maximum atomic E-state index is 14.3. The smallest absolute Gasteiger partial charge is 0.214 e. The molecule has 4 rings (SSSR count). The average molecular weight is 361 g/mol. The van der Waals surface area contributed by atoms with Crippen LogP contribution in [0.4, 0.5) is 14.6 Å². The Kier molecular flexibility index (Phi) is 3.76. The number of nitrogens with one attached hydrogen (secondary N) is 1. The summed E-state index contributed by atoms with van der Waals surface area (Å²) in [6, 6.07) is 3.76. The van der Waals surface area contributed by atoms with Gasteiger partial charge in [0.25, 0.3) is 0 Å². The second kappa shape index (κ2) is 6.09. The third-order valence-electron chi connectivity index (χ3n) is 3.40. The van der Waals surface area contributed by atoms with Crippen LogP contribution in [-0.4, -0.2) is 30.5 Å². The van der Waals surface area contributed by atoms with E-state index in [0.29, 0.717) is 16.1 Å². The number of aromatic amines is 1. The fraction of sp³-hybridized carbons (Fsp3) is 0.0714. The number of nitrogens with zero attached hydrogens (tertiary/aromatic N) is 5. The van der Waals surface area contributed by atoms with Crippen LogP contribution in [0.2, 0.25) is 0 Å². The molecule has 0 radical (unpaired) electrons. The van der Waals surface area contributed by atoms with Crippen molar-refractivity contribution in [1.29, 1.82) is 0 Å². The van der Waals surface area contributed by atoms with Crippen molar-refractivity contribution in [2.75, 3.05) is 5.73 Å². The van der Waals surface area contributed by atoms with Crippen molar-refractivity contribution < 1.29 is 13.3 Å². The van der Waals surface area contributed by atoms with Gasteiger partial charge >= 0.3 is 0 Å². The van der Waals surface area contributed by atoms with E-state index < -0.39 is 11.6 Å². The van der Waals surface area contributed by atoms with E-state index in [0.717, 1.165) is 18.5 Å². The number of nitrogens with two attached hydrogens (primary N) is 1. The molecule has 3 aromatic heterocycles. The molecule has 4 aromatic rings. The Labute approximate surface area is 142 Å². The Morgan fingerprint density at radius 2 is 2.04 bits per heavy atom. The minimum absolute atomic E-state index is 0.0122. The molecular weight excluding hydrogens is 352 g/mol. The van der Waals surface area contributed by atoms with Gasteiger partial charge in [-0.25, -0.2) is 13.8 Å². The number of H-pyrrole nitrogens is 1. The van der Waals surface area contributed by atoms with Crippen LogP contribution in [-0.2, 0) is 5.75 Å². The van der Waals surface area contributed by atoms with Crippen LogP contribution >= 0.6 is 11.8 Å². The Hall–Kier alpha value is -3.08. The lowest BCUT2D eigenvalue weighted by molar-refractivity contribution is 0.418. The summed E-state index contributed by atoms with van der Waals surface area (Å²) in [6.45, 7) is 0. The molecule has 0 aliphatic carbocycles. The molecular formula is C14H9F2N7OS. The molecule has 0 saturated carbocycles. The summed E-state index contributed by atoms with van der Waals surface area (Å²) in [7, 11) is 0. The summed E-state index contributed by atoms with van der Waals surface area (Å²) < 4.78 is 33.1. The summed E-state index contributed by atoms with van der Waals surface area (Å²) in [5.41, 5.74) is 6.72. The van der Waals surface area contributed by atoms with Gasteiger partial charge in [0.2, 0.25) is 17.9 Å². The second-order valence-electron chi connectivity index (χ2n) is 5.01. The first-order valence-electron chi connectivity index (χ1n) is 6.96. The number of hydrogen-bond donors (Lipinski definition) is 2. The predicted octanol–water partition coefficient (Wildman–Crippen LogP) is 2.56. The summed E-state index contributed by atoms with van der Waals surface area (Å²) in [4.78, 5) is 8.41. The predicted molar refractivity (Wildman–Crippen MR) is 85.3 cm³/mol. The molecule has 11 heteroatoms. The minimum Gasteiger partial charge on any atom is -0.384 e. The summed E-state index contributed by atoms with van der Waals surface area (Å²) >= 11 is 1.25. The summed E-state index contributed by atoms with van der Waals surface area (Å²) in [6.07, 6.45) is 1.05. The van der Waals surface area contributed by atoms with Crippen LogP contribution < -0.4 is 5.73 Å². The maximum Gasteiger partial charge on any atom is 0.214 e. The molecule has 25 heavy (non-hydrogen) atoms. The van der Waals surface area contributed by atoms with Crippen molar-refractivity contribution >= 4 is 28.7 Å². The lowest BCUT2D eigenvalue weighted by Gasteiger charge is -2.07. The molecule has 126 valence electrons. The van der Waals surface area contributed by atoms with Gasteiger partial charge < -0.3 is 10.3 Å². The van der Waals surface area contributed by atoms with Gasteiger partial charge in [0.05, 0.1) is 5.56 Å². The standard InChI is InChI=1S/C14H9F2N7OS/c15-8-2-7(13-18-5-24-22-13)9(16)1-6(8)4-25-10-3-11(17)19-14-12(10)20-23-21-14/h1-3,5H,4H2,(H3,17,19,20,21,23). The molecule has 0 fully saturated rings. The Morgan fingerprint density at radius 1 is 1.16 bits per heavy atom. The molecule has 0 atom stereocenters. The number of halogens is 2. The third-order valence-corrected chi connectivity index (χ3v) is 4.48. The highest BCUT2D eigenvalue weighted by atomic mass is 32.2. The zero-order valence-electron chi connectivity index (χ0n) is 12.4. The number of rotatable bonds is 4. The molecule has 3 N–H and O–H groups in total. The van der Waals surface area contributed by atoms with Crippen molar-refractivity contribution in [3.63, 3.8) is 0 Å². The van der Waals surface area contributed by atoms with E-state index in [1.54, 1.807) is 6.07 Å². The number of anilines is 1. The molecule has 3 heterocycles. The van der Waals surface area contributed by atoms with Gasteiger partial charge in [0, 0.05) is 16.2 Å². The number of thioether (sulfide) groups is 1. The summed E-state index contributed by atoms with van der Waals surface area (Å²) in [5, 5.41) is 13.8. The normalized spacial score (nSPS) is 11.3. The maximum absolute atomic E-state index is 14.3. The molecule has 0 bridgehead atoms. The number of nitrogen functional groups attached to an aromatic ring is 1. The molecule has 1 aromatic carbocycles. The van der Waals surface area contributed by atoms with Crippen molar-refractivity contribution in [3.8, 4) is 11.4 Å². The molecule has 0 amide bonds. The minimum atomic E-state index is -0.640. The molecule has 0 aliphatic rings. The van der Waals surface area contributed by atoms with Crippen molar-refractivity contribution in [2.45, 2.75) is 10.6 Å². The Morgan fingerprint density at radius 3 is 2.84 bits per heavy atom.